The smallest absolute Gasteiger partial charge is 0.0641 e. The second-order valence-corrected chi connectivity index (χ2v) is 5.04. The van der Waals surface area contributed by atoms with E-state index in [2.05, 4.69) is 30.9 Å². The van der Waals surface area contributed by atoms with Gasteiger partial charge in [0, 0.05) is 31.1 Å². The summed E-state index contributed by atoms with van der Waals surface area (Å²) in [6.45, 7) is 8.02. The molecule has 0 aliphatic carbocycles. The van der Waals surface area contributed by atoms with Crippen molar-refractivity contribution in [3.63, 3.8) is 0 Å². The molecule has 0 unspecified atom stereocenters. The van der Waals surface area contributed by atoms with Gasteiger partial charge in [-0.05, 0) is 37.0 Å². The number of hydrogen-bond acceptors (Lipinski definition) is 3. The van der Waals surface area contributed by atoms with E-state index in [1.165, 1.54) is 23.2 Å². The van der Waals surface area contributed by atoms with Gasteiger partial charge in [0.15, 0.2) is 0 Å². The molecule has 1 aromatic carbocycles. The summed E-state index contributed by atoms with van der Waals surface area (Å²) in [7, 11) is 0. The van der Waals surface area contributed by atoms with E-state index in [1.807, 2.05) is 0 Å². The van der Waals surface area contributed by atoms with Crippen molar-refractivity contribution in [2.24, 2.45) is 0 Å². The highest BCUT2D eigenvalue weighted by Crippen LogP contribution is 2.31. The molecule has 100 valence electrons. The zero-order chi connectivity index (χ0) is 13.0. The Kier molecular flexibility index (Phi) is 4.48. The topological polar surface area (TPSA) is 38.5 Å². The first-order valence-electron chi connectivity index (χ1n) is 6.94. The summed E-state index contributed by atoms with van der Waals surface area (Å²) in [5, 5.41) is 0. The summed E-state index contributed by atoms with van der Waals surface area (Å²) in [5.41, 5.74) is 10.8. The lowest BCUT2D eigenvalue weighted by molar-refractivity contribution is 0.137. The number of nitrogens with two attached hydrogens (primary N) is 1. The van der Waals surface area contributed by atoms with Gasteiger partial charge in [-0.15, -0.1) is 0 Å². The highest BCUT2D eigenvalue weighted by molar-refractivity contribution is 5.67. The monoisotopic (exact) mass is 248 g/mol. The van der Waals surface area contributed by atoms with Crippen molar-refractivity contribution in [2.75, 3.05) is 36.9 Å². The average molecular weight is 248 g/mol. The van der Waals surface area contributed by atoms with Crippen LogP contribution in [0.4, 0.5) is 11.4 Å². The normalized spacial score (nSPS) is 14.0. The van der Waals surface area contributed by atoms with Crippen molar-refractivity contribution in [3.05, 3.63) is 23.3 Å². The minimum absolute atomic E-state index is 0.813. The molecule has 0 radical (unpaired) electrons. The average Bonchev–Trinajstić information content (AvgIpc) is 2.72. The molecule has 0 amide bonds. The Morgan fingerprint density at radius 3 is 2.94 bits per heavy atom. The Morgan fingerprint density at radius 1 is 1.33 bits per heavy atom. The third kappa shape index (κ3) is 2.96. The fourth-order valence-electron chi connectivity index (χ4n) is 2.40. The standard InChI is InChI=1S/C15H24N2O/c1-3-4-8-18-9-7-17-6-5-13-10-12(2)14(16)11-15(13)17/h10-11H,3-9,16H2,1-2H3. The third-order valence-corrected chi connectivity index (χ3v) is 3.61. The van der Waals surface area contributed by atoms with E-state index in [0.717, 1.165) is 44.8 Å². The van der Waals surface area contributed by atoms with Crippen LogP contribution in [-0.4, -0.2) is 26.3 Å². The van der Waals surface area contributed by atoms with Crippen molar-refractivity contribution in [1.29, 1.82) is 0 Å². The molecule has 0 saturated heterocycles. The molecule has 1 aromatic rings. The molecule has 3 nitrogen and oxygen atoms in total. The van der Waals surface area contributed by atoms with Crippen molar-refractivity contribution in [3.8, 4) is 0 Å². The molecule has 3 heteroatoms. The minimum atomic E-state index is 0.813. The lowest BCUT2D eigenvalue weighted by Crippen LogP contribution is -2.25. The summed E-state index contributed by atoms with van der Waals surface area (Å²) < 4.78 is 5.63. The molecule has 0 aromatic heterocycles. The van der Waals surface area contributed by atoms with Gasteiger partial charge in [-0.3, -0.25) is 0 Å². The first kappa shape index (κ1) is 13.2. The van der Waals surface area contributed by atoms with Gasteiger partial charge in [-0.2, -0.15) is 0 Å². The molecule has 0 saturated carbocycles. The number of unbranched alkanes of at least 4 members (excludes halogenated alkanes) is 1. The largest absolute Gasteiger partial charge is 0.398 e. The molecule has 0 fully saturated rings. The first-order valence-corrected chi connectivity index (χ1v) is 6.94. The number of benzene rings is 1. The van der Waals surface area contributed by atoms with Crippen LogP contribution < -0.4 is 10.6 Å². The second kappa shape index (κ2) is 6.10. The molecule has 0 spiro atoms. The molecule has 18 heavy (non-hydrogen) atoms. The summed E-state index contributed by atoms with van der Waals surface area (Å²) in [6, 6.07) is 4.34. The van der Waals surface area contributed by atoms with Crippen LogP contribution in [0, 0.1) is 6.92 Å². The van der Waals surface area contributed by atoms with E-state index >= 15 is 0 Å². The number of fused-ring (bicyclic) bond motifs is 1. The highest BCUT2D eigenvalue weighted by atomic mass is 16.5. The summed E-state index contributed by atoms with van der Waals surface area (Å²) in [4.78, 5) is 2.39. The van der Waals surface area contributed by atoms with Crippen LogP contribution >= 0.6 is 0 Å². The number of aryl methyl sites for hydroxylation is 1. The fourth-order valence-corrected chi connectivity index (χ4v) is 2.40. The van der Waals surface area contributed by atoms with Gasteiger partial charge >= 0.3 is 0 Å². The minimum Gasteiger partial charge on any atom is -0.398 e. The number of anilines is 2. The van der Waals surface area contributed by atoms with Gasteiger partial charge in [0.2, 0.25) is 0 Å². The maximum Gasteiger partial charge on any atom is 0.0641 e. The van der Waals surface area contributed by atoms with E-state index in [9.17, 15) is 0 Å². The van der Waals surface area contributed by atoms with Crippen molar-refractivity contribution < 1.29 is 4.74 Å². The van der Waals surface area contributed by atoms with Crippen molar-refractivity contribution in [2.45, 2.75) is 33.1 Å². The van der Waals surface area contributed by atoms with Crippen molar-refractivity contribution in [1.82, 2.24) is 0 Å². The van der Waals surface area contributed by atoms with Gasteiger partial charge in [-0.25, -0.2) is 0 Å². The van der Waals surface area contributed by atoms with Crippen LogP contribution in [-0.2, 0) is 11.2 Å². The fraction of sp³-hybridized carbons (Fsp3) is 0.600. The van der Waals surface area contributed by atoms with Crippen LogP contribution in [0.15, 0.2) is 12.1 Å². The maximum atomic E-state index is 5.99. The molecule has 0 bridgehead atoms. The molecule has 1 aliphatic rings. The van der Waals surface area contributed by atoms with E-state index in [-0.39, 0.29) is 0 Å². The molecule has 2 rings (SSSR count). The van der Waals surface area contributed by atoms with Crippen LogP contribution in [0.25, 0.3) is 0 Å². The number of rotatable bonds is 6. The van der Waals surface area contributed by atoms with Gasteiger partial charge < -0.3 is 15.4 Å². The predicted molar refractivity (Wildman–Crippen MR) is 77.2 cm³/mol. The van der Waals surface area contributed by atoms with Gasteiger partial charge in [0.1, 0.15) is 0 Å². The number of ether oxygens (including phenoxy) is 1. The highest BCUT2D eigenvalue weighted by Gasteiger charge is 2.19. The quantitative estimate of drug-likeness (QED) is 0.621. The molecule has 1 aliphatic heterocycles. The van der Waals surface area contributed by atoms with E-state index in [0.29, 0.717) is 0 Å². The van der Waals surface area contributed by atoms with Crippen LogP contribution in [0.5, 0.6) is 0 Å². The number of nitrogens with zero attached hydrogens (tertiary/aromatic N) is 1. The molecular formula is C15H24N2O. The van der Waals surface area contributed by atoms with Gasteiger partial charge in [0.05, 0.1) is 6.61 Å². The Hall–Kier alpha value is -1.22. The number of nitrogen functional groups attached to an aromatic ring is 1. The Morgan fingerprint density at radius 2 is 2.17 bits per heavy atom. The Bertz CT molecular complexity index is 404. The molecule has 1 heterocycles. The first-order chi connectivity index (χ1) is 8.72. The Labute approximate surface area is 110 Å². The summed E-state index contributed by atoms with van der Waals surface area (Å²) in [5.74, 6) is 0. The van der Waals surface area contributed by atoms with Gasteiger partial charge in [0.25, 0.3) is 0 Å². The molecular weight excluding hydrogens is 224 g/mol. The maximum absolute atomic E-state index is 5.99. The lowest BCUT2D eigenvalue weighted by atomic mass is 10.1. The zero-order valence-corrected chi connectivity index (χ0v) is 11.5. The van der Waals surface area contributed by atoms with Crippen LogP contribution in [0.1, 0.15) is 30.9 Å². The van der Waals surface area contributed by atoms with Crippen LogP contribution in [0.2, 0.25) is 0 Å². The lowest BCUT2D eigenvalue weighted by Gasteiger charge is -2.20. The summed E-state index contributed by atoms with van der Waals surface area (Å²) >= 11 is 0. The molecule has 0 atom stereocenters. The SMILES string of the molecule is CCCCOCCN1CCc2cc(C)c(N)cc21. The second-order valence-electron chi connectivity index (χ2n) is 5.04. The predicted octanol–water partition coefficient (Wildman–Crippen LogP) is 2.76. The number of hydrogen-bond donors (Lipinski definition) is 1. The Balaban J connectivity index is 1.89. The van der Waals surface area contributed by atoms with E-state index in [1.54, 1.807) is 0 Å². The summed E-state index contributed by atoms with van der Waals surface area (Å²) in [6.07, 6.45) is 3.48. The molecule has 2 N–H and O–H groups in total. The van der Waals surface area contributed by atoms with Crippen molar-refractivity contribution >= 4 is 11.4 Å². The van der Waals surface area contributed by atoms with Gasteiger partial charge in [-0.1, -0.05) is 19.4 Å². The zero-order valence-electron chi connectivity index (χ0n) is 11.5. The van der Waals surface area contributed by atoms with E-state index < -0.39 is 0 Å². The third-order valence-electron chi connectivity index (χ3n) is 3.61. The van der Waals surface area contributed by atoms with Crippen LogP contribution in [0.3, 0.4) is 0 Å². The van der Waals surface area contributed by atoms with E-state index in [4.69, 9.17) is 10.5 Å².